The van der Waals surface area contributed by atoms with Gasteiger partial charge in [-0.15, -0.1) is 11.6 Å². The van der Waals surface area contributed by atoms with E-state index in [1.165, 1.54) is 0 Å². The minimum Gasteiger partial charge on any atom is -0.342 e. The Morgan fingerprint density at radius 2 is 2.00 bits per heavy atom. The molecule has 90 valence electrons. The summed E-state index contributed by atoms with van der Waals surface area (Å²) in [7, 11) is 0. The summed E-state index contributed by atoms with van der Waals surface area (Å²) in [6, 6.07) is 10.2. The summed E-state index contributed by atoms with van der Waals surface area (Å²) in [5, 5.41) is 0. The topological polar surface area (TPSA) is 28.7 Å². The molecule has 0 aliphatic carbocycles. The lowest BCUT2D eigenvalue weighted by Crippen LogP contribution is -2.02. The van der Waals surface area contributed by atoms with E-state index < -0.39 is 0 Å². The van der Waals surface area contributed by atoms with Crippen molar-refractivity contribution in [1.82, 2.24) is 9.97 Å². The zero-order chi connectivity index (χ0) is 12.3. The minimum absolute atomic E-state index is 0.460. The van der Waals surface area contributed by atoms with Gasteiger partial charge in [-0.1, -0.05) is 37.3 Å². The van der Waals surface area contributed by atoms with Crippen LogP contribution >= 0.6 is 11.6 Å². The van der Waals surface area contributed by atoms with Crippen molar-refractivity contribution in [3.05, 3.63) is 41.7 Å². The van der Waals surface area contributed by atoms with Crippen LogP contribution in [0.2, 0.25) is 0 Å². The summed E-state index contributed by atoms with van der Waals surface area (Å²) in [5.41, 5.74) is 3.39. The monoisotopic (exact) mass is 248 g/mol. The summed E-state index contributed by atoms with van der Waals surface area (Å²) < 4.78 is 0. The predicted octanol–water partition coefficient (Wildman–Crippen LogP) is 3.80. The van der Waals surface area contributed by atoms with Crippen molar-refractivity contribution in [1.29, 1.82) is 0 Å². The third-order valence-electron chi connectivity index (χ3n) is 2.84. The Balaban J connectivity index is 2.25. The van der Waals surface area contributed by atoms with Crippen LogP contribution in [0, 0.1) is 12.8 Å². The lowest BCUT2D eigenvalue weighted by molar-refractivity contribution is 0.642. The number of hydrogen-bond donors (Lipinski definition) is 1. The third-order valence-corrected chi connectivity index (χ3v) is 3.36. The van der Waals surface area contributed by atoms with E-state index in [0.29, 0.717) is 11.8 Å². The SMILES string of the molecule is Cc1[nH]c(-c2ccccc2)nc1CC(C)CCl. The second-order valence-electron chi connectivity index (χ2n) is 4.49. The van der Waals surface area contributed by atoms with Gasteiger partial charge in [0.15, 0.2) is 0 Å². The first-order valence-corrected chi connectivity index (χ1v) is 6.41. The number of aryl methyl sites for hydroxylation is 1. The van der Waals surface area contributed by atoms with E-state index in [2.05, 4.69) is 35.9 Å². The maximum Gasteiger partial charge on any atom is 0.137 e. The Hall–Kier alpha value is -1.28. The molecular formula is C14H17ClN2. The molecule has 0 amide bonds. The second-order valence-corrected chi connectivity index (χ2v) is 4.80. The number of aromatic nitrogens is 2. The van der Waals surface area contributed by atoms with Gasteiger partial charge >= 0.3 is 0 Å². The molecular weight excluding hydrogens is 232 g/mol. The first-order chi connectivity index (χ1) is 8.20. The van der Waals surface area contributed by atoms with Gasteiger partial charge < -0.3 is 4.98 Å². The maximum atomic E-state index is 5.84. The molecule has 2 aromatic rings. The Bertz CT molecular complexity index is 476. The van der Waals surface area contributed by atoms with Crippen LogP contribution in [-0.4, -0.2) is 15.8 Å². The summed E-state index contributed by atoms with van der Waals surface area (Å²) in [6.07, 6.45) is 0.929. The molecule has 0 saturated heterocycles. The van der Waals surface area contributed by atoms with Gasteiger partial charge in [0.25, 0.3) is 0 Å². The Labute approximate surface area is 107 Å². The first kappa shape index (κ1) is 12.2. The van der Waals surface area contributed by atoms with Crippen LogP contribution in [-0.2, 0) is 6.42 Å². The van der Waals surface area contributed by atoms with Gasteiger partial charge in [0, 0.05) is 17.1 Å². The summed E-state index contributed by atoms with van der Waals surface area (Å²) in [4.78, 5) is 7.99. The number of benzene rings is 1. The average molecular weight is 249 g/mol. The molecule has 1 atom stereocenters. The predicted molar refractivity (Wildman–Crippen MR) is 72.3 cm³/mol. The summed E-state index contributed by atoms with van der Waals surface area (Å²) in [6.45, 7) is 4.21. The van der Waals surface area contributed by atoms with Gasteiger partial charge in [-0.2, -0.15) is 0 Å². The molecule has 3 heteroatoms. The van der Waals surface area contributed by atoms with Gasteiger partial charge in [0.1, 0.15) is 5.82 Å². The van der Waals surface area contributed by atoms with Crippen molar-refractivity contribution in [2.24, 2.45) is 5.92 Å². The van der Waals surface area contributed by atoms with Gasteiger partial charge in [-0.3, -0.25) is 0 Å². The summed E-state index contributed by atoms with van der Waals surface area (Å²) in [5.74, 6) is 2.08. The standard InChI is InChI=1S/C14H17ClN2/c1-10(9-15)8-13-11(2)16-14(17-13)12-6-4-3-5-7-12/h3-7,10H,8-9H2,1-2H3,(H,16,17). The lowest BCUT2D eigenvalue weighted by atomic mass is 10.1. The fraction of sp³-hybridized carbons (Fsp3) is 0.357. The van der Waals surface area contributed by atoms with Crippen LogP contribution in [0.5, 0.6) is 0 Å². The van der Waals surface area contributed by atoms with Crippen molar-refractivity contribution in [3.8, 4) is 11.4 Å². The van der Waals surface area contributed by atoms with E-state index in [1.807, 2.05) is 18.2 Å². The van der Waals surface area contributed by atoms with Crippen LogP contribution in [0.1, 0.15) is 18.3 Å². The van der Waals surface area contributed by atoms with E-state index in [0.717, 1.165) is 29.2 Å². The fourth-order valence-electron chi connectivity index (χ4n) is 1.81. The van der Waals surface area contributed by atoms with E-state index >= 15 is 0 Å². The van der Waals surface area contributed by atoms with E-state index in [4.69, 9.17) is 11.6 Å². The molecule has 1 heterocycles. The number of imidazole rings is 1. The molecule has 0 spiro atoms. The number of aromatic amines is 1. The van der Waals surface area contributed by atoms with Crippen molar-refractivity contribution < 1.29 is 0 Å². The Kier molecular flexibility index (Phi) is 3.85. The second kappa shape index (κ2) is 5.37. The number of rotatable bonds is 4. The number of nitrogens with zero attached hydrogens (tertiary/aromatic N) is 1. The molecule has 2 nitrogen and oxygen atoms in total. The van der Waals surface area contributed by atoms with Crippen LogP contribution in [0.25, 0.3) is 11.4 Å². The molecule has 2 rings (SSSR count). The van der Waals surface area contributed by atoms with E-state index in [9.17, 15) is 0 Å². The molecule has 0 aliphatic rings. The molecule has 0 saturated carbocycles. The maximum absolute atomic E-state index is 5.84. The molecule has 0 radical (unpaired) electrons. The Morgan fingerprint density at radius 1 is 1.29 bits per heavy atom. The molecule has 0 aliphatic heterocycles. The normalized spacial score (nSPS) is 12.6. The number of halogens is 1. The number of nitrogens with one attached hydrogen (secondary N) is 1. The molecule has 1 N–H and O–H groups in total. The van der Waals surface area contributed by atoms with Crippen LogP contribution in [0.4, 0.5) is 0 Å². The molecule has 0 fully saturated rings. The highest BCUT2D eigenvalue weighted by atomic mass is 35.5. The highest BCUT2D eigenvalue weighted by molar-refractivity contribution is 6.18. The first-order valence-electron chi connectivity index (χ1n) is 5.87. The average Bonchev–Trinajstić information content (AvgIpc) is 2.72. The molecule has 0 bridgehead atoms. The van der Waals surface area contributed by atoms with Crippen molar-refractivity contribution in [2.75, 3.05) is 5.88 Å². The fourth-order valence-corrected chi connectivity index (χ4v) is 1.92. The van der Waals surface area contributed by atoms with Gasteiger partial charge in [-0.25, -0.2) is 4.98 Å². The van der Waals surface area contributed by atoms with Crippen molar-refractivity contribution >= 4 is 11.6 Å². The van der Waals surface area contributed by atoms with Crippen molar-refractivity contribution in [2.45, 2.75) is 20.3 Å². The Morgan fingerprint density at radius 3 is 2.65 bits per heavy atom. The zero-order valence-corrected chi connectivity index (χ0v) is 11.0. The van der Waals surface area contributed by atoms with Crippen LogP contribution < -0.4 is 0 Å². The van der Waals surface area contributed by atoms with E-state index in [-0.39, 0.29) is 0 Å². The molecule has 1 unspecified atom stereocenters. The largest absolute Gasteiger partial charge is 0.342 e. The lowest BCUT2D eigenvalue weighted by Gasteiger charge is -2.04. The van der Waals surface area contributed by atoms with Crippen LogP contribution in [0.3, 0.4) is 0 Å². The summed E-state index contributed by atoms with van der Waals surface area (Å²) >= 11 is 5.84. The third kappa shape index (κ3) is 2.89. The van der Waals surface area contributed by atoms with E-state index in [1.54, 1.807) is 0 Å². The molecule has 1 aromatic heterocycles. The van der Waals surface area contributed by atoms with Crippen LogP contribution in [0.15, 0.2) is 30.3 Å². The van der Waals surface area contributed by atoms with Gasteiger partial charge in [-0.05, 0) is 19.3 Å². The number of hydrogen-bond acceptors (Lipinski definition) is 1. The number of alkyl halides is 1. The smallest absolute Gasteiger partial charge is 0.137 e. The quantitative estimate of drug-likeness (QED) is 0.820. The van der Waals surface area contributed by atoms with Gasteiger partial charge in [0.05, 0.1) is 5.69 Å². The number of H-pyrrole nitrogens is 1. The zero-order valence-electron chi connectivity index (χ0n) is 10.2. The highest BCUT2D eigenvalue weighted by Crippen LogP contribution is 2.19. The van der Waals surface area contributed by atoms with Gasteiger partial charge in [0.2, 0.25) is 0 Å². The minimum atomic E-state index is 0.460. The molecule has 17 heavy (non-hydrogen) atoms. The van der Waals surface area contributed by atoms with Crippen molar-refractivity contribution in [3.63, 3.8) is 0 Å². The highest BCUT2D eigenvalue weighted by Gasteiger charge is 2.11. The molecule has 1 aromatic carbocycles.